The average Bonchev–Trinajstić information content (AvgIpc) is 3.09. The molecular weight excluding hydrogens is 408 g/mol. The molecule has 0 aliphatic rings. The predicted octanol–water partition coefficient (Wildman–Crippen LogP) is 6.87. The summed E-state index contributed by atoms with van der Waals surface area (Å²) in [6.07, 6.45) is 0. The molecule has 0 N–H and O–H groups in total. The van der Waals surface area contributed by atoms with Crippen LogP contribution in [0.5, 0.6) is 0 Å². The van der Waals surface area contributed by atoms with Crippen molar-refractivity contribution in [1.29, 1.82) is 0 Å². The van der Waals surface area contributed by atoms with Crippen molar-refractivity contribution in [2.45, 2.75) is 27.7 Å². The number of rotatable bonds is 0. The third-order valence-electron chi connectivity index (χ3n) is 4.02. The summed E-state index contributed by atoms with van der Waals surface area (Å²) in [5.41, 5.74) is 5.38. The summed E-state index contributed by atoms with van der Waals surface area (Å²) in [5.74, 6) is 0. The van der Waals surface area contributed by atoms with Gasteiger partial charge in [-0.05, 0) is 13.8 Å². The van der Waals surface area contributed by atoms with E-state index in [-0.39, 0.29) is 14.9 Å². The minimum atomic E-state index is 0. The molecule has 0 spiro atoms. The normalized spacial score (nSPS) is 9.19. The van der Waals surface area contributed by atoms with Crippen molar-refractivity contribution in [1.82, 2.24) is 0 Å². The molecule has 0 saturated heterocycles. The number of hydrogen-bond donors (Lipinski definition) is 0. The Morgan fingerprint density at radius 2 is 0.962 bits per heavy atom. The van der Waals surface area contributed by atoms with Crippen LogP contribution in [-0.4, -0.2) is 6.88 Å². The monoisotopic (exact) mass is 434 g/mol. The molecule has 0 heterocycles. The fourth-order valence-electron chi connectivity index (χ4n) is 2.97. The minimum absolute atomic E-state index is 0. The zero-order chi connectivity index (χ0) is 17.7. The van der Waals surface area contributed by atoms with Gasteiger partial charge in [0.05, 0.1) is 0 Å². The van der Waals surface area contributed by atoms with E-state index in [0.29, 0.717) is 0 Å². The van der Waals surface area contributed by atoms with Gasteiger partial charge in [0.25, 0.3) is 0 Å². The summed E-state index contributed by atoms with van der Waals surface area (Å²) in [6.45, 7) is 11.6. The van der Waals surface area contributed by atoms with Crippen molar-refractivity contribution in [2.75, 3.05) is 0 Å². The number of benzene rings is 2. The van der Waals surface area contributed by atoms with Crippen molar-refractivity contribution >= 4 is 28.4 Å². The Morgan fingerprint density at radius 3 is 1.31 bits per heavy atom. The molecule has 0 aliphatic carbocycles. The Balaban J connectivity index is 0.000000410. The number of aryl methyl sites for hydroxylation is 4. The molecule has 2 heteroatoms. The molecule has 0 aliphatic heterocycles. The van der Waals surface area contributed by atoms with Crippen LogP contribution in [0.1, 0.15) is 22.3 Å². The molecule has 0 saturated carbocycles. The Morgan fingerprint density at radius 1 is 0.615 bits per heavy atom. The van der Waals surface area contributed by atoms with E-state index in [1.54, 1.807) is 0 Å². The molecule has 2 radical (unpaired) electrons. The average molecular weight is 436 g/mol. The summed E-state index contributed by atoms with van der Waals surface area (Å²) in [5, 5.41) is 5.44. The Bertz CT molecular complexity index is 865. The summed E-state index contributed by atoms with van der Waals surface area (Å²) in [4.78, 5) is 0. The van der Waals surface area contributed by atoms with Crippen LogP contribution >= 0.6 is 0 Å². The van der Waals surface area contributed by atoms with E-state index in [4.69, 9.17) is 0 Å². The zero-order valence-corrected chi connectivity index (χ0v) is 20.2. The zero-order valence-electron chi connectivity index (χ0n) is 16.8. The van der Waals surface area contributed by atoms with Gasteiger partial charge in [0.1, 0.15) is 0 Å². The first-order chi connectivity index (χ1) is 11.5. The topological polar surface area (TPSA) is 0 Å². The fraction of sp³-hybridized carbons (Fsp3) is 0.167. The van der Waals surface area contributed by atoms with Crippen molar-refractivity contribution in [3.05, 3.63) is 97.8 Å². The van der Waals surface area contributed by atoms with Crippen LogP contribution in [0.2, 0.25) is 0 Å². The second-order valence-electron chi connectivity index (χ2n) is 6.33. The molecule has 4 aromatic rings. The van der Waals surface area contributed by atoms with E-state index in [1.807, 2.05) is 0 Å². The van der Waals surface area contributed by atoms with E-state index in [9.17, 15) is 0 Å². The van der Waals surface area contributed by atoms with Gasteiger partial charge in [0, 0.05) is 0 Å². The summed E-state index contributed by atoms with van der Waals surface area (Å²) in [6, 6.07) is 22.0. The van der Waals surface area contributed by atoms with E-state index >= 15 is 0 Å². The van der Waals surface area contributed by atoms with Gasteiger partial charge in [-0.3, -0.25) is 0 Å². The van der Waals surface area contributed by atoms with E-state index in [0.717, 1.165) is 0 Å². The van der Waals surface area contributed by atoms with Gasteiger partial charge in [0.2, 0.25) is 0 Å². The van der Waals surface area contributed by atoms with Crippen molar-refractivity contribution in [3.8, 4) is 0 Å². The van der Waals surface area contributed by atoms with E-state index in [2.05, 4.69) is 95.2 Å². The van der Waals surface area contributed by atoms with Crippen LogP contribution in [0.15, 0.2) is 60.7 Å². The first-order valence-electron chi connectivity index (χ1n) is 8.04. The molecule has 4 aromatic carbocycles. The Hall–Kier alpha value is -1.24. The van der Waals surface area contributed by atoms with Crippen LogP contribution in [0.4, 0.5) is 0 Å². The molecule has 0 unspecified atom stereocenters. The second kappa shape index (κ2) is 11.5. The van der Waals surface area contributed by atoms with E-state index < -0.39 is 0 Å². The third kappa shape index (κ3) is 6.49. The first kappa shape index (κ1) is 24.8. The number of fused-ring (bicyclic) bond motifs is 2. The van der Waals surface area contributed by atoms with Gasteiger partial charge >= 0.3 is 30.2 Å². The SMILES string of the molecule is Cc1ccc2cc(C)[cH-]c2c1.Cc1ccc2cc(C)[cH-]c2c1.[CH3-].[CH3-].[Si]=[Zr]. The third-order valence-corrected chi connectivity index (χ3v) is 4.02. The van der Waals surface area contributed by atoms with Crippen LogP contribution in [-0.2, 0) is 23.3 Å². The molecule has 0 fully saturated rings. The van der Waals surface area contributed by atoms with Gasteiger partial charge in [0.15, 0.2) is 0 Å². The molecule has 0 amide bonds. The molecule has 136 valence electrons. The predicted molar refractivity (Wildman–Crippen MR) is 117 cm³/mol. The van der Waals surface area contributed by atoms with Gasteiger partial charge < -0.3 is 14.9 Å². The molecule has 0 bridgehead atoms. The van der Waals surface area contributed by atoms with Gasteiger partial charge in [-0.2, -0.15) is 12.1 Å². The van der Waals surface area contributed by atoms with Gasteiger partial charge in [-0.25, -0.2) is 0 Å². The molecular formula is C24H28SiZr-4. The van der Waals surface area contributed by atoms with Crippen LogP contribution in [0, 0.1) is 42.5 Å². The molecule has 0 nitrogen and oxygen atoms in total. The standard InChI is InChI=1S/2C11H11.2CH3.Si.Zr/c2*1-8-3-4-10-6-9(2)7-11(10)5-8;;;;/h2*3-7H,1-2H3;2*1H3;;/q4*-1;;. The van der Waals surface area contributed by atoms with Crippen molar-refractivity contribution in [3.63, 3.8) is 0 Å². The summed E-state index contributed by atoms with van der Waals surface area (Å²) < 4.78 is 0. The van der Waals surface area contributed by atoms with Gasteiger partial charge in [-0.1, -0.05) is 37.1 Å². The first-order valence-corrected chi connectivity index (χ1v) is 12.2. The maximum absolute atomic E-state index is 3.06. The summed E-state index contributed by atoms with van der Waals surface area (Å²) >= 11 is 1.36. The van der Waals surface area contributed by atoms with Crippen LogP contribution in [0.3, 0.4) is 0 Å². The second-order valence-corrected chi connectivity index (χ2v) is 6.33. The molecule has 26 heavy (non-hydrogen) atoms. The van der Waals surface area contributed by atoms with Crippen molar-refractivity contribution < 1.29 is 23.3 Å². The van der Waals surface area contributed by atoms with E-state index in [1.165, 1.54) is 67.1 Å². The molecule has 0 atom stereocenters. The molecule has 4 rings (SSSR count). The maximum atomic E-state index is 3.06. The fourth-order valence-corrected chi connectivity index (χ4v) is 2.97. The number of hydrogen-bond acceptors (Lipinski definition) is 0. The summed E-state index contributed by atoms with van der Waals surface area (Å²) in [7, 11) is 0. The Labute approximate surface area is 176 Å². The van der Waals surface area contributed by atoms with Crippen molar-refractivity contribution in [2.24, 2.45) is 0 Å². The molecule has 0 aromatic heterocycles. The van der Waals surface area contributed by atoms with Crippen LogP contribution in [0.25, 0.3) is 21.5 Å². The quantitative estimate of drug-likeness (QED) is 0.209. The Kier molecular flexibility index (Phi) is 10.9. The van der Waals surface area contributed by atoms with Crippen LogP contribution < -0.4 is 0 Å². The van der Waals surface area contributed by atoms with Gasteiger partial charge in [-0.15, -0.1) is 69.1 Å².